The summed E-state index contributed by atoms with van der Waals surface area (Å²) in [6, 6.07) is 12.9. The quantitative estimate of drug-likeness (QED) is 0.687. The Morgan fingerprint density at radius 2 is 2.00 bits per heavy atom. The van der Waals surface area contributed by atoms with Gasteiger partial charge in [-0.1, -0.05) is 12.1 Å². The molecule has 0 saturated carbocycles. The van der Waals surface area contributed by atoms with Crippen molar-refractivity contribution in [3.05, 3.63) is 48.0 Å². The van der Waals surface area contributed by atoms with E-state index in [1.54, 1.807) is 19.2 Å². The van der Waals surface area contributed by atoms with Crippen LogP contribution in [0.15, 0.2) is 47.6 Å². The molecule has 0 fully saturated rings. The molecule has 0 amide bonds. The number of hydrogen-bond acceptors (Lipinski definition) is 4. The molecule has 3 N–H and O–H groups in total. The summed E-state index contributed by atoms with van der Waals surface area (Å²) >= 11 is 0. The van der Waals surface area contributed by atoms with Gasteiger partial charge in [-0.15, -0.1) is 24.8 Å². The SMILES string of the molecule is COc1cccc(C[S@](=O)c2nc3ccc(N)cc3[nH]2)c1.Cl.Cl. The van der Waals surface area contributed by atoms with Crippen LogP contribution in [0.2, 0.25) is 0 Å². The van der Waals surface area contributed by atoms with E-state index in [-0.39, 0.29) is 24.8 Å². The zero-order valence-electron chi connectivity index (χ0n) is 12.3. The number of anilines is 1. The van der Waals surface area contributed by atoms with Crippen LogP contribution in [-0.4, -0.2) is 21.3 Å². The second kappa shape index (κ2) is 8.19. The Morgan fingerprint density at radius 3 is 2.74 bits per heavy atom. The predicted molar refractivity (Wildman–Crippen MR) is 98.1 cm³/mol. The molecular weight excluding hydrogens is 357 g/mol. The normalized spacial score (nSPS) is 11.3. The monoisotopic (exact) mass is 373 g/mol. The molecule has 3 aromatic rings. The van der Waals surface area contributed by atoms with Crippen molar-refractivity contribution in [2.45, 2.75) is 10.9 Å². The molecule has 0 radical (unpaired) electrons. The highest BCUT2D eigenvalue weighted by atomic mass is 35.5. The van der Waals surface area contributed by atoms with Crippen LogP contribution < -0.4 is 10.5 Å². The number of nitrogen functional groups attached to an aromatic ring is 1. The van der Waals surface area contributed by atoms with Crippen molar-refractivity contribution in [3.8, 4) is 5.75 Å². The molecule has 0 bridgehead atoms. The van der Waals surface area contributed by atoms with Gasteiger partial charge in [0.05, 0.1) is 34.7 Å². The van der Waals surface area contributed by atoms with Crippen LogP contribution in [0.5, 0.6) is 5.75 Å². The van der Waals surface area contributed by atoms with Crippen LogP contribution in [0.1, 0.15) is 5.56 Å². The first-order valence-electron chi connectivity index (χ1n) is 6.42. The third-order valence-corrected chi connectivity index (χ3v) is 4.35. The number of H-pyrrole nitrogens is 1. The zero-order valence-corrected chi connectivity index (χ0v) is 14.8. The topological polar surface area (TPSA) is 81.0 Å². The Morgan fingerprint density at radius 1 is 1.22 bits per heavy atom. The van der Waals surface area contributed by atoms with E-state index < -0.39 is 10.8 Å². The number of halogens is 2. The molecule has 0 aliphatic heterocycles. The summed E-state index contributed by atoms with van der Waals surface area (Å²) in [5, 5.41) is 0.457. The molecule has 2 aromatic carbocycles. The fraction of sp³-hybridized carbons (Fsp3) is 0.133. The molecule has 0 saturated heterocycles. The number of benzene rings is 2. The highest BCUT2D eigenvalue weighted by Crippen LogP contribution is 2.19. The van der Waals surface area contributed by atoms with E-state index in [9.17, 15) is 4.21 Å². The molecule has 8 heteroatoms. The molecule has 5 nitrogen and oxygen atoms in total. The summed E-state index contributed by atoms with van der Waals surface area (Å²) in [6.07, 6.45) is 0. The number of nitrogens with zero attached hydrogens (tertiary/aromatic N) is 1. The highest BCUT2D eigenvalue weighted by Gasteiger charge is 2.11. The number of imidazole rings is 1. The van der Waals surface area contributed by atoms with Crippen molar-refractivity contribution in [2.24, 2.45) is 0 Å². The first kappa shape index (κ1) is 19.3. The second-order valence-electron chi connectivity index (χ2n) is 4.66. The Hall–Kier alpha value is -1.76. The molecule has 3 rings (SSSR count). The number of ether oxygens (including phenoxy) is 1. The Bertz CT molecular complexity index is 823. The van der Waals surface area contributed by atoms with E-state index in [1.807, 2.05) is 30.3 Å². The van der Waals surface area contributed by atoms with E-state index >= 15 is 0 Å². The average Bonchev–Trinajstić information content (AvgIpc) is 2.90. The maximum Gasteiger partial charge on any atom is 0.197 e. The molecule has 0 unspecified atom stereocenters. The number of hydrogen-bond donors (Lipinski definition) is 2. The van der Waals surface area contributed by atoms with Gasteiger partial charge >= 0.3 is 0 Å². The predicted octanol–water partition coefficient (Wildman–Crippen LogP) is 3.31. The maximum atomic E-state index is 12.4. The highest BCUT2D eigenvalue weighted by molar-refractivity contribution is 7.84. The minimum Gasteiger partial charge on any atom is -0.497 e. The van der Waals surface area contributed by atoms with Crippen LogP contribution in [0, 0.1) is 0 Å². The van der Waals surface area contributed by atoms with Crippen LogP contribution in [0.3, 0.4) is 0 Å². The third kappa shape index (κ3) is 4.37. The summed E-state index contributed by atoms with van der Waals surface area (Å²) in [5.41, 5.74) is 8.87. The molecule has 1 heterocycles. The minimum absolute atomic E-state index is 0. The van der Waals surface area contributed by atoms with Gasteiger partial charge in [-0.05, 0) is 35.9 Å². The maximum absolute atomic E-state index is 12.4. The molecule has 124 valence electrons. The van der Waals surface area contributed by atoms with Gasteiger partial charge < -0.3 is 15.5 Å². The number of aromatic nitrogens is 2. The second-order valence-corrected chi connectivity index (χ2v) is 6.03. The van der Waals surface area contributed by atoms with Crippen LogP contribution >= 0.6 is 24.8 Å². The molecule has 1 atom stereocenters. The third-order valence-electron chi connectivity index (χ3n) is 3.13. The lowest BCUT2D eigenvalue weighted by molar-refractivity contribution is 0.414. The molecule has 0 aliphatic rings. The summed E-state index contributed by atoms with van der Waals surface area (Å²) in [4.78, 5) is 7.41. The molecule has 1 aromatic heterocycles. The molecule has 0 aliphatic carbocycles. The van der Waals surface area contributed by atoms with E-state index in [2.05, 4.69) is 9.97 Å². The first-order chi connectivity index (χ1) is 10.2. The number of rotatable bonds is 4. The van der Waals surface area contributed by atoms with Gasteiger partial charge in [-0.25, -0.2) is 4.98 Å². The average molecular weight is 374 g/mol. The van der Waals surface area contributed by atoms with Crippen LogP contribution in [-0.2, 0) is 16.6 Å². The Labute approximate surface area is 148 Å². The molecule has 23 heavy (non-hydrogen) atoms. The van der Waals surface area contributed by atoms with Crippen molar-refractivity contribution in [2.75, 3.05) is 12.8 Å². The van der Waals surface area contributed by atoms with E-state index in [0.717, 1.165) is 22.3 Å². The smallest absolute Gasteiger partial charge is 0.197 e. The summed E-state index contributed by atoms with van der Waals surface area (Å²) < 4.78 is 17.6. The van der Waals surface area contributed by atoms with Crippen molar-refractivity contribution < 1.29 is 8.95 Å². The fourth-order valence-corrected chi connectivity index (χ4v) is 3.14. The van der Waals surface area contributed by atoms with Crippen molar-refractivity contribution in [1.82, 2.24) is 9.97 Å². The lowest BCUT2D eigenvalue weighted by Gasteiger charge is -2.03. The lowest BCUT2D eigenvalue weighted by Crippen LogP contribution is -1.98. The Kier molecular flexibility index (Phi) is 6.87. The van der Waals surface area contributed by atoms with E-state index in [0.29, 0.717) is 16.6 Å². The standard InChI is InChI=1S/C15H15N3O2S.2ClH/c1-20-12-4-2-3-10(7-12)9-21(19)15-17-13-6-5-11(16)8-14(13)18-15;;/h2-8H,9,16H2,1H3,(H,17,18);2*1H/t21-;;/m0../s1. The number of nitrogens with two attached hydrogens (primary N) is 1. The fourth-order valence-electron chi connectivity index (χ4n) is 2.09. The first-order valence-corrected chi connectivity index (χ1v) is 7.74. The molecule has 0 spiro atoms. The lowest BCUT2D eigenvalue weighted by atomic mass is 10.2. The van der Waals surface area contributed by atoms with Gasteiger partial charge in [-0.2, -0.15) is 0 Å². The van der Waals surface area contributed by atoms with Crippen molar-refractivity contribution in [1.29, 1.82) is 0 Å². The van der Waals surface area contributed by atoms with Crippen LogP contribution in [0.25, 0.3) is 11.0 Å². The van der Waals surface area contributed by atoms with Crippen LogP contribution in [0.4, 0.5) is 5.69 Å². The van der Waals surface area contributed by atoms with Gasteiger partial charge in [0.25, 0.3) is 0 Å². The summed E-state index contributed by atoms with van der Waals surface area (Å²) in [5.74, 6) is 1.13. The summed E-state index contributed by atoms with van der Waals surface area (Å²) in [7, 11) is 0.364. The number of aromatic amines is 1. The number of methoxy groups -OCH3 is 1. The van der Waals surface area contributed by atoms with Gasteiger partial charge in [0.15, 0.2) is 5.16 Å². The van der Waals surface area contributed by atoms with E-state index in [1.165, 1.54) is 0 Å². The van der Waals surface area contributed by atoms with Gasteiger partial charge in [0.2, 0.25) is 0 Å². The van der Waals surface area contributed by atoms with Crippen molar-refractivity contribution in [3.63, 3.8) is 0 Å². The minimum atomic E-state index is -1.25. The largest absolute Gasteiger partial charge is 0.497 e. The van der Waals surface area contributed by atoms with Gasteiger partial charge in [0, 0.05) is 5.69 Å². The number of fused-ring (bicyclic) bond motifs is 1. The Balaban J connectivity index is 0.00000132. The van der Waals surface area contributed by atoms with Crippen molar-refractivity contribution >= 4 is 52.3 Å². The van der Waals surface area contributed by atoms with E-state index in [4.69, 9.17) is 10.5 Å². The van der Waals surface area contributed by atoms with Gasteiger partial charge in [0.1, 0.15) is 5.75 Å². The molecular formula is C15H17Cl2N3O2S. The van der Waals surface area contributed by atoms with Gasteiger partial charge in [-0.3, -0.25) is 4.21 Å². The number of nitrogens with one attached hydrogen (secondary N) is 1. The summed E-state index contributed by atoms with van der Waals surface area (Å²) in [6.45, 7) is 0. The zero-order chi connectivity index (χ0) is 14.8.